The van der Waals surface area contributed by atoms with Crippen molar-refractivity contribution in [1.29, 1.82) is 0 Å². The minimum Gasteiger partial charge on any atom is -0.322 e. The van der Waals surface area contributed by atoms with Gasteiger partial charge in [0, 0.05) is 38.1 Å². The first kappa shape index (κ1) is 21.5. The Balaban J connectivity index is 1.80. The molecule has 1 amide bonds. The van der Waals surface area contributed by atoms with Gasteiger partial charge in [-0.1, -0.05) is 13.8 Å². The van der Waals surface area contributed by atoms with E-state index in [0.717, 1.165) is 22.1 Å². The molecular formula is C18H29N7O3S. The molecule has 0 aromatic carbocycles. The van der Waals surface area contributed by atoms with Crippen LogP contribution in [-0.2, 0) is 28.1 Å². The molecule has 0 aliphatic carbocycles. The summed E-state index contributed by atoms with van der Waals surface area (Å²) in [6.45, 7) is 9.39. The molecule has 2 N–H and O–H groups in total. The molecule has 1 fully saturated rings. The number of carbonyl (C=O) groups is 1. The van der Waals surface area contributed by atoms with E-state index < -0.39 is 22.3 Å². The van der Waals surface area contributed by atoms with Crippen molar-refractivity contribution in [3.8, 4) is 0 Å². The molecule has 0 bridgehead atoms. The average Bonchev–Trinajstić information content (AvgIpc) is 3.22. The molecule has 29 heavy (non-hydrogen) atoms. The number of amides is 1. The standard InChI is InChI=1S/C18H29N7O3S/c1-6-24-11-15(13(4)21-24)16-7-17(23(5)29(27,28)22-16)18(26)20-14-8-19-25(10-14)9-12(2)3/h8,10-12,16-17,22H,6-7,9H2,1-5H3,(H,20,26)/t16-,17+/m1/s1. The molecule has 11 heteroatoms. The van der Waals surface area contributed by atoms with E-state index in [1.807, 2.05) is 20.0 Å². The first-order valence-corrected chi connectivity index (χ1v) is 11.2. The van der Waals surface area contributed by atoms with Crippen LogP contribution in [0.1, 0.15) is 44.5 Å². The van der Waals surface area contributed by atoms with Crippen LogP contribution in [0.2, 0.25) is 0 Å². The maximum atomic E-state index is 12.9. The summed E-state index contributed by atoms with van der Waals surface area (Å²) in [5.74, 6) is 0.0411. The summed E-state index contributed by atoms with van der Waals surface area (Å²) in [6, 6.07) is -1.36. The van der Waals surface area contributed by atoms with Gasteiger partial charge < -0.3 is 5.32 Å². The molecule has 0 saturated carbocycles. The largest absolute Gasteiger partial charge is 0.322 e. The molecule has 160 valence electrons. The highest BCUT2D eigenvalue weighted by Gasteiger charge is 2.41. The molecule has 2 aromatic rings. The van der Waals surface area contributed by atoms with E-state index in [4.69, 9.17) is 0 Å². The number of nitrogens with zero attached hydrogens (tertiary/aromatic N) is 5. The Morgan fingerprint density at radius 1 is 1.34 bits per heavy atom. The summed E-state index contributed by atoms with van der Waals surface area (Å²) >= 11 is 0. The van der Waals surface area contributed by atoms with E-state index in [0.29, 0.717) is 24.6 Å². The van der Waals surface area contributed by atoms with Crippen LogP contribution in [-0.4, -0.2) is 51.3 Å². The van der Waals surface area contributed by atoms with Crippen molar-refractivity contribution in [3.63, 3.8) is 0 Å². The fourth-order valence-corrected chi connectivity index (χ4v) is 4.74. The Labute approximate surface area is 171 Å². The number of hydrogen-bond donors (Lipinski definition) is 2. The number of anilines is 1. The lowest BCUT2D eigenvalue weighted by Crippen LogP contribution is -2.56. The molecule has 3 heterocycles. The normalized spacial score (nSPS) is 22.1. The first-order valence-electron chi connectivity index (χ1n) is 9.73. The quantitative estimate of drug-likeness (QED) is 0.726. The molecular weight excluding hydrogens is 394 g/mol. The zero-order valence-corrected chi connectivity index (χ0v) is 18.3. The predicted octanol–water partition coefficient (Wildman–Crippen LogP) is 1.28. The first-order chi connectivity index (χ1) is 13.6. The lowest BCUT2D eigenvalue weighted by molar-refractivity contribution is -0.120. The molecule has 2 aromatic heterocycles. The Kier molecular flexibility index (Phi) is 6.11. The van der Waals surface area contributed by atoms with E-state index in [2.05, 4.69) is 34.1 Å². The fraction of sp³-hybridized carbons (Fsp3) is 0.611. The number of aryl methyl sites for hydroxylation is 2. The van der Waals surface area contributed by atoms with Gasteiger partial charge in [0.15, 0.2) is 0 Å². The second-order valence-electron chi connectivity index (χ2n) is 7.80. The van der Waals surface area contributed by atoms with E-state index >= 15 is 0 Å². The summed E-state index contributed by atoms with van der Waals surface area (Å²) in [7, 11) is -2.40. The van der Waals surface area contributed by atoms with Gasteiger partial charge in [-0.25, -0.2) is 0 Å². The Morgan fingerprint density at radius 3 is 2.69 bits per heavy atom. The van der Waals surface area contributed by atoms with Gasteiger partial charge in [0.1, 0.15) is 6.04 Å². The van der Waals surface area contributed by atoms with Gasteiger partial charge in [-0.3, -0.25) is 14.2 Å². The van der Waals surface area contributed by atoms with Gasteiger partial charge in [0.25, 0.3) is 10.2 Å². The minimum atomic E-state index is -3.81. The SMILES string of the molecule is CCn1cc([C@H]2C[C@@H](C(=O)Nc3cnn(CC(C)C)c3)N(C)S(=O)(=O)N2)c(C)n1. The van der Waals surface area contributed by atoms with E-state index in [-0.39, 0.29) is 5.91 Å². The number of carbonyl (C=O) groups excluding carboxylic acids is 1. The van der Waals surface area contributed by atoms with Gasteiger partial charge in [0.05, 0.1) is 23.6 Å². The molecule has 1 aliphatic heterocycles. The lowest BCUT2D eigenvalue weighted by Gasteiger charge is -2.35. The molecule has 2 atom stereocenters. The summed E-state index contributed by atoms with van der Waals surface area (Å²) < 4.78 is 32.5. The zero-order chi connectivity index (χ0) is 21.3. The third-order valence-electron chi connectivity index (χ3n) is 5.01. The Hall–Kier alpha value is -2.24. The van der Waals surface area contributed by atoms with Crippen molar-refractivity contribution in [2.24, 2.45) is 5.92 Å². The number of likely N-dealkylation sites (N-methyl/N-ethyl adjacent to an activating group) is 1. The lowest BCUT2D eigenvalue weighted by atomic mass is 10.00. The monoisotopic (exact) mass is 423 g/mol. The van der Waals surface area contributed by atoms with Crippen molar-refractivity contribution in [2.45, 2.75) is 59.3 Å². The molecule has 0 unspecified atom stereocenters. The molecule has 3 rings (SSSR count). The van der Waals surface area contributed by atoms with E-state index in [1.165, 1.54) is 7.05 Å². The second kappa shape index (κ2) is 8.25. The maximum absolute atomic E-state index is 12.9. The summed E-state index contributed by atoms with van der Waals surface area (Å²) in [4.78, 5) is 12.9. The van der Waals surface area contributed by atoms with E-state index in [1.54, 1.807) is 21.8 Å². The van der Waals surface area contributed by atoms with Gasteiger partial charge in [0.2, 0.25) is 5.91 Å². The molecule has 1 aliphatic rings. The summed E-state index contributed by atoms with van der Waals surface area (Å²) in [5.41, 5.74) is 2.08. The minimum absolute atomic E-state index is 0.304. The van der Waals surface area contributed by atoms with Crippen LogP contribution in [0.25, 0.3) is 0 Å². The van der Waals surface area contributed by atoms with Crippen LogP contribution in [0, 0.1) is 12.8 Å². The zero-order valence-electron chi connectivity index (χ0n) is 17.5. The molecule has 1 saturated heterocycles. The van der Waals surface area contributed by atoms with Crippen molar-refractivity contribution in [2.75, 3.05) is 12.4 Å². The second-order valence-corrected chi connectivity index (χ2v) is 9.56. The van der Waals surface area contributed by atoms with Gasteiger partial charge in [-0.2, -0.15) is 27.6 Å². The molecule has 10 nitrogen and oxygen atoms in total. The van der Waals surface area contributed by atoms with Crippen molar-refractivity contribution >= 4 is 21.8 Å². The van der Waals surface area contributed by atoms with Gasteiger partial charge in [-0.15, -0.1) is 0 Å². The van der Waals surface area contributed by atoms with Crippen LogP contribution in [0.15, 0.2) is 18.6 Å². The third kappa shape index (κ3) is 4.68. The average molecular weight is 424 g/mol. The van der Waals surface area contributed by atoms with Crippen molar-refractivity contribution in [3.05, 3.63) is 29.8 Å². The highest BCUT2D eigenvalue weighted by atomic mass is 32.2. The van der Waals surface area contributed by atoms with E-state index in [9.17, 15) is 13.2 Å². The third-order valence-corrected chi connectivity index (χ3v) is 6.60. The highest BCUT2D eigenvalue weighted by molar-refractivity contribution is 7.87. The summed E-state index contributed by atoms with van der Waals surface area (Å²) in [6.07, 6.45) is 5.46. The van der Waals surface area contributed by atoms with Crippen LogP contribution in [0.3, 0.4) is 0 Å². The Morgan fingerprint density at radius 2 is 2.07 bits per heavy atom. The predicted molar refractivity (Wildman–Crippen MR) is 109 cm³/mol. The van der Waals surface area contributed by atoms with Crippen LogP contribution in [0.4, 0.5) is 5.69 Å². The number of rotatable bonds is 6. The highest BCUT2D eigenvalue weighted by Crippen LogP contribution is 2.30. The van der Waals surface area contributed by atoms with Gasteiger partial charge >= 0.3 is 0 Å². The van der Waals surface area contributed by atoms with Gasteiger partial charge in [-0.05, 0) is 26.2 Å². The maximum Gasteiger partial charge on any atom is 0.280 e. The van der Waals surface area contributed by atoms with Crippen LogP contribution >= 0.6 is 0 Å². The number of aromatic nitrogens is 4. The summed E-state index contributed by atoms with van der Waals surface area (Å²) in [5, 5.41) is 11.4. The van der Waals surface area contributed by atoms with Crippen molar-refractivity contribution < 1.29 is 13.2 Å². The van der Waals surface area contributed by atoms with Crippen LogP contribution in [0.5, 0.6) is 0 Å². The Bertz CT molecular complexity index is 979. The number of nitrogens with one attached hydrogen (secondary N) is 2. The van der Waals surface area contributed by atoms with Crippen LogP contribution < -0.4 is 10.0 Å². The van der Waals surface area contributed by atoms with Crippen molar-refractivity contribution in [1.82, 2.24) is 28.6 Å². The number of hydrogen-bond acceptors (Lipinski definition) is 5. The topological polar surface area (TPSA) is 114 Å². The fourth-order valence-electron chi connectivity index (χ4n) is 3.48. The smallest absolute Gasteiger partial charge is 0.280 e. The molecule has 0 spiro atoms. The molecule has 0 radical (unpaired) electrons.